The van der Waals surface area contributed by atoms with E-state index < -0.39 is 0 Å². The Balaban J connectivity index is 1.33. The maximum atomic E-state index is 12.9. The number of piperidine rings is 1. The van der Waals surface area contributed by atoms with Crippen LogP contribution in [0, 0.1) is 6.92 Å². The van der Waals surface area contributed by atoms with Crippen molar-refractivity contribution in [1.82, 2.24) is 24.6 Å². The van der Waals surface area contributed by atoms with E-state index >= 15 is 0 Å². The highest BCUT2D eigenvalue weighted by molar-refractivity contribution is 5.97. The Hall–Kier alpha value is -3.32. The summed E-state index contributed by atoms with van der Waals surface area (Å²) in [6, 6.07) is 8.39. The van der Waals surface area contributed by atoms with Gasteiger partial charge in [-0.15, -0.1) is 0 Å². The standard InChI is InChI=1S/C24H25N5O2/c1-16-25-14-24(31-16)17-3-4-18-12-26-21(10-19(18)9-17)11-23(30)20-13-27-29(15-20)22-5-7-28(2)8-6-22/h3-4,9-10,12-15,22H,5-8,11H2,1-2H3. The second-order valence-corrected chi connectivity index (χ2v) is 8.32. The summed E-state index contributed by atoms with van der Waals surface area (Å²) in [5, 5.41) is 6.50. The number of hydrogen-bond donors (Lipinski definition) is 0. The van der Waals surface area contributed by atoms with E-state index in [0.29, 0.717) is 17.5 Å². The maximum absolute atomic E-state index is 12.9. The van der Waals surface area contributed by atoms with Crippen LogP contribution >= 0.6 is 0 Å². The number of carbonyl (C=O) groups excluding carboxylic acids is 1. The van der Waals surface area contributed by atoms with E-state index in [1.807, 2.05) is 48.3 Å². The second kappa shape index (κ2) is 8.07. The van der Waals surface area contributed by atoms with E-state index in [1.165, 1.54) is 0 Å². The van der Waals surface area contributed by atoms with E-state index in [0.717, 1.165) is 53.7 Å². The number of aryl methyl sites for hydroxylation is 1. The van der Waals surface area contributed by atoms with Crippen molar-refractivity contribution >= 4 is 16.6 Å². The van der Waals surface area contributed by atoms with Gasteiger partial charge in [0, 0.05) is 36.0 Å². The highest BCUT2D eigenvalue weighted by Gasteiger charge is 2.20. The molecule has 3 aromatic heterocycles. The first-order chi connectivity index (χ1) is 15.0. The molecule has 158 valence electrons. The zero-order valence-corrected chi connectivity index (χ0v) is 17.8. The first-order valence-corrected chi connectivity index (χ1v) is 10.6. The number of likely N-dealkylation sites (tertiary alicyclic amines) is 1. The smallest absolute Gasteiger partial charge is 0.191 e. The molecule has 0 bridgehead atoms. The molecule has 0 N–H and O–H groups in total. The van der Waals surface area contributed by atoms with Crippen molar-refractivity contribution in [3.8, 4) is 11.3 Å². The molecule has 0 spiro atoms. The van der Waals surface area contributed by atoms with Gasteiger partial charge in [0.05, 0.1) is 30.4 Å². The third-order valence-corrected chi connectivity index (χ3v) is 6.01. The van der Waals surface area contributed by atoms with Crippen molar-refractivity contribution in [3.63, 3.8) is 0 Å². The fraction of sp³-hybridized carbons (Fsp3) is 0.333. The van der Waals surface area contributed by atoms with E-state index in [2.05, 4.69) is 27.0 Å². The first-order valence-electron chi connectivity index (χ1n) is 10.6. The third kappa shape index (κ3) is 4.14. The summed E-state index contributed by atoms with van der Waals surface area (Å²) in [6.07, 6.45) is 9.49. The SMILES string of the molecule is Cc1ncc(-c2ccc3cnc(CC(=O)c4cnn(C5CCN(C)CC5)c4)cc3c2)o1. The molecular weight excluding hydrogens is 390 g/mol. The number of hydrogen-bond acceptors (Lipinski definition) is 6. The predicted molar refractivity (Wildman–Crippen MR) is 118 cm³/mol. The van der Waals surface area contributed by atoms with E-state index in [-0.39, 0.29) is 12.2 Å². The van der Waals surface area contributed by atoms with Gasteiger partial charge in [-0.05, 0) is 50.5 Å². The topological polar surface area (TPSA) is 77.1 Å². The lowest BCUT2D eigenvalue weighted by atomic mass is 10.0. The van der Waals surface area contributed by atoms with Crippen LogP contribution in [0.1, 0.15) is 40.8 Å². The lowest BCUT2D eigenvalue weighted by Crippen LogP contribution is -2.31. The minimum Gasteiger partial charge on any atom is -0.441 e. The molecule has 1 aromatic carbocycles. The molecular formula is C24H25N5O2. The Morgan fingerprint density at radius 3 is 2.71 bits per heavy atom. The van der Waals surface area contributed by atoms with Gasteiger partial charge in [0.25, 0.3) is 0 Å². The van der Waals surface area contributed by atoms with Crippen LogP contribution in [0.4, 0.5) is 0 Å². The van der Waals surface area contributed by atoms with Crippen LogP contribution in [0.3, 0.4) is 0 Å². The second-order valence-electron chi connectivity index (χ2n) is 8.32. The van der Waals surface area contributed by atoms with Crippen molar-refractivity contribution in [2.45, 2.75) is 32.2 Å². The van der Waals surface area contributed by atoms with E-state index in [1.54, 1.807) is 12.4 Å². The van der Waals surface area contributed by atoms with E-state index in [9.17, 15) is 4.79 Å². The monoisotopic (exact) mass is 415 g/mol. The van der Waals surface area contributed by atoms with Crippen molar-refractivity contribution in [3.05, 3.63) is 66.2 Å². The average Bonchev–Trinajstić information content (AvgIpc) is 3.43. The summed E-state index contributed by atoms with van der Waals surface area (Å²) in [6.45, 7) is 3.95. The number of rotatable bonds is 5. The Labute approximate surface area is 180 Å². The Morgan fingerprint density at radius 2 is 1.94 bits per heavy atom. The number of benzene rings is 1. The zero-order chi connectivity index (χ0) is 21.4. The van der Waals surface area contributed by atoms with Crippen LogP contribution in [0.15, 0.2) is 53.5 Å². The van der Waals surface area contributed by atoms with E-state index in [4.69, 9.17) is 4.42 Å². The lowest BCUT2D eigenvalue weighted by Gasteiger charge is -2.28. The Kier molecular flexibility index (Phi) is 5.11. The molecule has 1 aliphatic rings. The number of carbonyl (C=O) groups is 1. The molecule has 7 heteroatoms. The minimum atomic E-state index is 0.0352. The van der Waals surface area contributed by atoms with Crippen molar-refractivity contribution in [2.24, 2.45) is 0 Å². The quantitative estimate of drug-likeness (QED) is 0.457. The number of pyridine rings is 1. The van der Waals surface area contributed by atoms with Crippen LogP contribution in [-0.2, 0) is 6.42 Å². The number of fused-ring (bicyclic) bond motifs is 1. The molecule has 0 radical (unpaired) electrons. The lowest BCUT2D eigenvalue weighted by molar-refractivity contribution is 0.0991. The van der Waals surface area contributed by atoms with Crippen molar-refractivity contribution < 1.29 is 9.21 Å². The van der Waals surface area contributed by atoms with Crippen LogP contribution in [-0.4, -0.2) is 50.6 Å². The average molecular weight is 415 g/mol. The summed E-state index contributed by atoms with van der Waals surface area (Å²) in [7, 11) is 2.14. The summed E-state index contributed by atoms with van der Waals surface area (Å²) >= 11 is 0. The van der Waals surface area contributed by atoms with Gasteiger partial charge in [-0.25, -0.2) is 4.98 Å². The molecule has 1 aliphatic heterocycles. The van der Waals surface area contributed by atoms with Crippen molar-refractivity contribution in [1.29, 1.82) is 0 Å². The Morgan fingerprint density at radius 1 is 1.10 bits per heavy atom. The fourth-order valence-corrected chi connectivity index (χ4v) is 4.14. The highest BCUT2D eigenvalue weighted by atomic mass is 16.4. The maximum Gasteiger partial charge on any atom is 0.191 e. The summed E-state index contributed by atoms with van der Waals surface area (Å²) in [5.74, 6) is 1.40. The summed E-state index contributed by atoms with van der Waals surface area (Å²) < 4.78 is 7.59. The van der Waals surface area contributed by atoms with Gasteiger partial charge in [0.15, 0.2) is 17.4 Å². The van der Waals surface area contributed by atoms with Gasteiger partial charge in [-0.3, -0.25) is 14.5 Å². The normalized spacial score (nSPS) is 15.5. The molecule has 1 saturated heterocycles. The van der Waals surface area contributed by atoms with Crippen LogP contribution in [0.2, 0.25) is 0 Å². The number of ketones is 1. The zero-order valence-electron chi connectivity index (χ0n) is 17.8. The number of aromatic nitrogens is 4. The molecule has 4 heterocycles. The van der Waals surface area contributed by atoms with Crippen LogP contribution < -0.4 is 0 Å². The minimum absolute atomic E-state index is 0.0352. The van der Waals surface area contributed by atoms with Crippen LogP contribution in [0.25, 0.3) is 22.1 Å². The molecule has 7 nitrogen and oxygen atoms in total. The summed E-state index contributed by atoms with van der Waals surface area (Å²) in [5.41, 5.74) is 2.35. The molecule has 0 saturated carbocycles. The molecule has 0 unspecified atom stereocenters. The summed E-state index contributed by atoms with van der Waals surface area (Å²) in [4.78, 5) is 23.9. The fourth-order valence-electron chi connectivity index (χ4n) is 4.14. The third-order valence-electron chi connectivity index (χ3n) is 6.01. The van der Waals surface area contributed by atoms with Crippen molar-refractivity contribution in [2.75, 3.05) is 20.1 Å². The largest absolute Gasteiger partial charge is 0.441 e. The van der Waals surface area contributed by atoms with Gasteiger partial charge < -0.3 is 9.32 Å². The van der Waals surface area contributed by atoms with Gasteiger partial charge in [0.1, 0.15) is 0 Å². The van der Waals surface area contributed by atoms with Gasteiger partial charge in [-0.1, -0.05) is 12.1 Å². The highest BCUT2D eigenvalue weighted by Crippen LogP contribution is 2.26. The Bertz CT molecular complexity index is 1230. The predicted octanol–water partition coefficient (Wildman–Crippen LogP) is 4.09. The number of nitrogens with zero attached hydrogens (tertiary/aromatic N) is 5. The number of Topliss-reactive ketones (excluding diaryl/α,β-unsaturated/α-hetero) is 1. The molecule has 5 rings (SSSR count). The van der Waals surface area contributed by atoms with Gasteiger partial charge >= 0.3 is 0 Å². The molecule has 31 heavy (non-hydrogen) atoms. The molecule has 0 aliphatic carbocycles. The molecule has 4 aromatic rings. The molecule has 1 fully saturated rings. The van der Waals surface area contributed by atoms with Gasteiger partial charge in [0.2, 0.25) is 0 Å². The molecule has 0 atom stereocenters. The first kappa shape index (κ1) is 19.6. The molecule has 0 amide bonds. The number of oxazole rings is 1. The van der Waals surface area contributed by atoms with Crippen LogP contribution in [0.5, 0.6) is 0 Å². The van der Waals surface area contributed by atoms with Gasteiger partial charge in [-0.2, -0.15) is 5.10 Å².